The van der Waals surface area contributed by atoms with Gasteiger partial charge >= 0.3 is 0 Å². The number of hydrogen-bond donors (Lipinski definition) is 1. The van der Waals surface area contributed by atoms with E-state index in [4.69, 9.17) is 0 Å². The fraction of sp³-hybridized carbons (Fsp3) is 0.267. The lowest BCUT2D eigenvalue weighted by Crippen LogP contribution is -2.29. The Morgan fingerprint density at radius 3 is 2.22 bits per heavy atom. The van der Waals surface area contributed by atoms with Gasteiger partial charge in [-0.05, 0) is 72.7 Å². The van der Waals surface area contributed by atoms with Crippen molar-refractivity contribution in [3.05, 3.63) is 108 Å². The van der Waals surface area contributed by atoms with E-state index in [1.54, 1.807) is 0 Å². The predicted octanol–water partition coefficient (Wildman–Crippen LogP) is 8.41. The topological polar surface area (TPSA) is 12.0 Å². The summed E-state index contributed by atoms with van der Waals surface area (Å²) in [7, 11) is 0. The van der Waals surface area contributed by atoms with Crippen LogP contribution in [-0.2, 0) is 0 Å². The van der Waals surface area contributed by atoms with E-state index >= 15 is 0 Å². The summed E-state index contributed by atoms with van der Waals surface area (Å²) in [5.41, 5.74) is 8.19. The number of benzene rings is 3. The van der Waals surface area contributed by atoms with Crippen LogP contribution in [0.2, 0.25) is 0 Å². The smallest absolute Gasteiger partial charge is 0.0343 e. The Balaban J connectivity index is 1.51. The molecule has 0 aliphatic heterocycles. The average Bonchev–Trinajstić information content (AvgIpc) is 2.81. The van der Waals surface area contributed by atoms with E-state index in [0.29, 0.717) is 6.04 Å². The standard InChI is InChI=1S/C30H33NS/c1-21-14-16-25(17-15-21)23(3)28-12-8-9-13-30(28)32-29-19-18-26(20-22(29)2)24(4)31-27-10-6-5-7-11-27/h8-9,12-20,27,31H,3-7,10-11H2,1-2H3. The van der Waals surface area contributed by atoms with Crippen molar-refractivity contribution in [1.82, 2.24) is 5.32 Å². The van der Waals surface area contributed by atoms with Crippen LogP contribution in [0.25, 0.3) is 11.3 Å². The molecule has 3 aromatic carbocycles. The minimum absolute atomic E-state index is 0.574. The summed E-state index contributed by atoms with van der Waals surface area (Å²) in [6.07, 6.45) is 6.54. The van der Waals surface area contributed by atoms with E-state index in [1.165, 1.54) is 69.7 Å². The Morgan fingerprint density at radius 1 is 0.812 bits per heavy atom. The lowest BCUT2D eigenvalue weighted by Gasteiger charge is -2.25. The van der Waals surface area contributed by atoms with Gasteiger partial charge in [0.1, 0.15) is 0 Å². The molecule has 0 unspecified atom stereocenters. The van der Waals surface area contributed by atoms with Gasteiger partial charge in [0.25, 0.3) is 0 Å². The number of rotatable bonds is 7. The van der Waals surface area contributed by atoms with E-state index in [0.717, 1.165) is 11.3 Å². The molecule has 0 amide bonds. The third kappa shape index (κ3) is 5.37. The number of hydrogen-bond acceptors (Lipinski definition) is 2. The van der Waals surface area contributed by atoms with Crippen molar-refractivity contribution >= 4 is 23.0 Å². The normalized spacial score (nSPS) is 14.2. The first-order chi connectivity index (χ1) is 15.5. The molecule has 0 atom stereocenters. The largest absolute Gasteiger partial charge is 0.382 e. The number of aryl methyl sites for hydroxylation is 2. The molecule has 0 radical (unpaired) electrons. The molecule has 0 bridgehead atoms. The zero-order valence-electron chi connectivity index (χ0n) is 19.3. The van der Waals surface area contributed by atoms with Gasteiger partial charge < -0.3 is 5.32 Å². The summed E-state index contributed by atoms with van der Waals surface area (Å²) in [5, 5.41) is 3.66. The molecule has 4 rings (SSSR count). The number of nitrogens with one attached hydrogen (secondary N) is 1. The molecule has 0 heterocycles. The van der Waals surface area contributed by atoms with Crippen LogP contribution in [-0.4, -0.2) is 6.04 Å². The quantitative estimate of drug-likeness (QED) is 0.396. The van der Waals surface area contributed by atoms with Gasteiger partial charge in [0, 0.05) is 21.5 Å². The Kier molecular flexibility index (Phi) is 7.22. The Bertz CT molecular complexity index is 1100. The second kappa shape index (κ2) is 10.3. The zero-order chi connectivity index (χ0) is 22.5. The summed E-state index contributed by atoms with van der Waals surface area (Å²) < 4.78 is 0. The second-order valence-electron chi connectivity index (χ2n) is 8.88. The minimum Gasteiger partial charge on any atom is -0.382 e. The molecule has 1 saturated carbocycles. The lowest BCUT2D eigenvalue weighted by atomic mass is 9.95. The van der Waals surface area contributed by atoms with Gasteiger partial charge in [-0.3, -0.25) is 0 Å². The van der Waals surface area contributed by atoms with Crippen LogP contribution in [0.4, 0.5) is 0 Å². The van der Waals surface area contributed by atoms with Crippen LogP contribution < -0.4 is 5.32 Å². The van der Waals surface area contributed by atoms with E-state index in [2.05, 4.69) is 99.1 Å². The van der Waals surface area contributed by atoms with E-state index in [9.17, 15) is 0 Å². The minimum atomic E-state index is 0.574. The van der Waals surface area contributed by atoms with Crippen molar-refractivity contribution in [2.75, 3.05) is 0 Å². The first-order valence-corrected chi connectivity index (χ1v) is 12.4. The fourth-order valence-electron chi connectivity index (χ4n) is 4.36. The summed E-state index contributed by atoms with van der Waals surface area (Å²) in [4.78, 5) is 2.50. The molecule has 3 aromatic rings. The Hall–Kier alpha value is -2.71. The van der Waals surface area contributed by atoms with Crippen LogP contribution in [0, 0.1) is 13.8 Å². The summed E-state index contributed by atoms with van der Waals surface area (Å²) in [6.45, 7) is 13.0. The molecule has 1 N–H and O–H groups in total. The van der Waals surface area contributed by atoms with Crippen molar-refractivity contribution in [2.45, 2.75) is 61.8 Å². The van der Waals surface area contributed by atoms with Gasteiger partial charge in [0.15, 0.2) is 0 Å². The maximum absolute atomic E-state index is 4.41. The summed E-state index contributed by atoms with van der Waals surface area (Å²) in [5.74, 6) is 0. The predicted molar refractivity (Wildman–Crippen MR) is 140 cm³/mol. The van der Waals surface area contributed by atoms with Crippen LogP contribution >= 0.6 is 11.8 Å². The van der Waals surface area contributed by atoms with Gasteiger partial charge in [-0.15, -0.1) is 0 Å². The monoisotopic (exact) mass is 439 g/mol. The molecule has 164 valence electrons. The first-order valence-electron chi connectivity index (χ1n) is 11.6. The highest BCUT2D eigenvalue weighted by molar-refractivity contribution is 7.99. The highest BCUT2D eigenvalue weighted by Gasteiger charge is 2.15. The second-order valence-corrected chi connectivity index (χ2v) is 9.96. The summed E-state index contributed by atoms with van der Waals surface area (Å²) in [6, 6.07) is 24.4. The van der Waals surface area contributed by atoms with Gasteiger partial charge in [-0.1, -0.05) is 98.3 Å². The molecule has 1 nitrogen and oxygen atoms in total. The lowest BCUT2D eigenvalue weighted by molar-refractivity contribution is 0.409. The Labute approximate surface area is 197 Å². The molecule has 1 aliphatic rings. The highest BCUT2D eigenvalue weighted by Crippen LogP contribution is 2.37. The third-order valence-electron chi connectivity index (χ3n) is 6.34. The van der Waals surface area contributed by atoms with E-state index in [-0.39, 0.29) is 0 Å². The molecule has 2 heteroatoms. The fourth-order valence-corrected chi connectivity index (χ4v) is 5.40. The van der Waals surface area contributed by atoms with Gasteiger partial charge in [-0.25, -0.2) is 0 Å². The highest BCUT2D eigenvalue weighted by atomic mass is 32.2. The van der Waals surface area contributed by atoms with Crippen molar-refractivity contribution < 1.29 is 0 Å². The molecule has 0 aromatic heterocycles. The van der Waals surface area contributed by atoms with Crippen molar-refractivity contribution in [2.24, 2.45) is 0 Å². The van der Waals surface area contributed by atoms with Crippen molar-refractivity contribution in [1.29, 1.82) is 0 Å². The van der Waals surface area contributed by atoms with Gasteiger partial charge in [0.2, 0.25) is 0 Å². The molecule has 0 saturated heterocycles. The summed E-state index contributed by atoms with van der Waals surface area (Å²) >= 11 is 1.81. The van der Waals surface area contributed by atoms with Crippen molar-refractivity contribution in [3.8, 4) is 0 Å². The average molecular weight is 440 g/mol. The SMILES string of the molecule is C=C(NC1CCCCC1)c1ccc(Sc2ccccc2C(=C)c2ccc(C)cc2)c(C)c1. The van der Waals surface area contributed by atoms with Crippen LogP contribution in [0.3, 0.4) is 0 Å². The molecular weight excluding hydrogens is 406 g/mol. The molecule has 0 spiro atoms. The molecule has 1 aliphatic carbocycles. The van der Waals surface area contributed by atoms with Crippen LogP contribution in [0.15, 0.2) is 89.7 Å². The molecule has 1 fully saturated rings. The third-order valence-corrected chi connectivity index (χ3v) is 7.59. The Morgan fingerprint density at radius 2 is 1.50 bits per heavy atom. The maximum Gasteiger partial charge on any atom is 0.0343 e. The first kappa shape index (κ1) is 22.5. The molecule has 32 heavy (non-hydrogen) atoms. The van der Waals surface area contributed by atoms with Gasteiger partial charge in [-0.2, -0.15) is 0 Å². The van der Waals surface area contributed by atoms with E-state index in [1.807, 2.05) is 11.8 Å². The van der Waals surface area contributed by atoms with Gasteiger partial charge in [0.05, 0.1) is 0 Å². The zero-order valence-corrected chi connectivity index (χ0v) is 20.1. The van der Waals surface area contributed by atoms with E-state index < -0.39 is 0 Å². The maximum atomic E-state index is 4.41. The van der Waals surface area contributed by atoms with Crippen LogP contribution in [0.1, 0.15) is 59.9 Å². The molecular formula is C30H33NS. The van der Waals surface area contributed by atoms with Crippen molar-refractivity contribution in [3.63, 3.8) is 0 Å². The van der Waals surface area contributed by atoms with Crippen LogP contribution in [0.5, 0.6) is 0 Å².